The third kappa shape index (κ3) is 4.67. The van der Waals surface area contributed by atoms with Crippen LogP contribution >= 0.6 is 0 Å². The van der Waals surface area contributed by atoms with Gasteiger partial charge in [-0.3, -0.25) is 9.00 Å². The third-order valence-electron chi connectivity index (χ3n) is 3.98. The van der Waals surface area contributed by atoms with E-state index in [0.717, 1.165) is 6.42 Å². The highest BCUT2D eigenvalue weighted by Crippen LogP contribution is 2.22. The first-order chi connectivity index (χ1) is 9.86. The van der Waals surface area contributed by atoms with Crippen LogP contribution in [0.5, 0.6) is 0 Å². The van der Waals surface area contributed by atoms with E-state index < -0.39 is 10.8 Å². The minimum Gasteiger partial charge on any atom is -0.341 e. The summed E-state index contributed by atoms with van der Waals surface area (Å²) in [5.41, 5.74) is 2.69. The van der Waals surface area contributed by atoms with Gasteiger partial charge >= 0.3 is 0 Å². The molecule has 0 unspecified atom stereocenters. The number of hydrogen-bond donors (Lipinski definition) is 0. The molecule has 2 rings (SSSR count). The maximum absolute atomic E-state index is 12.1. The molecule has 0 N–H and O–H groups in total. The van der Waals surface area contributed by atoms with Gasteiger partial charge in [-0.15, -0.1) is 0 Å². The van der Waals surface area contributed by atoms with E-state index in [-0.39, 0.29) is 11.3 Å². The zero-order valence-corrected chi connectivity index (χ0v) is 14.0. The van der Waals surface area contributed by atoms with Crippen LogP contribution in [0.15, 0.2) is 24.3 Å². The largest absolute Gasteiger partial charge is 0.341 e. The van der Waals surface area contributed by atoms with Gasteiger partial charge in [0.25, 0.3) is 0 Å². The highest BCUT2D eigenvalue weighted by atomic mass is 32.2. The van der Waals surface area contributed by atoms with Gasteiger partial charge in [0.1, 0.15) is 0 Å². The number of rotatable bonds is 3. The van der Waals surface area contributed by atoms with Crippen molar-refractivity contribution in [2.75, 3.05) is 24.6 Å². The molecule has 4 heteroatoms. The second-order valence-corrected chi connectivity index (χ2v) is 8.37. The molecule has 0 aliphatic carbocycles. The summed E-state index contributed by atoms with van der Waals surface area (Å²) in [5.74, 6) is 1.45. The van der Waals surface area contributed by atoms with Crippen molar-refractivity contribution in [1.29, 1.82) is 0 Å². The predicted octanol–water partition coefficient (Wildman–Crippen LogP) is 2.51. The van der Waals surface area contributed by atoms with Crippen LogP contribution in [0.3, 0.4) is 0 Å². The fourth-order valence-electron chi connectivity index (χ4n) is 2.47. The number of amides is 1. The summed E-state index contributed by atoms with van der Waals surface area (Å²) >= 11 is 0. The van der Waals surface area contributed by atoms with Crippen LogP contribution in [0.2, 0.25) is 0 Å². The number of hydrogen-bond acceptors (Lipinski definition) is 2. The predicted molar refractivity (Wildman–Crippen MR) is 87.9 cm³/mol. The van der Waals surface area contributed by atoms with Crippen LogP contribution in [-0.2, 0) is 27.4 Å². The SMILES string of the molecule is CC(C)(C)c1ccc(CCC(=O)N2CCS(=O)CC2)cc1. The Balaban J connectivity index is 1.85. The topological polar surface area (TPSA) is 37.4 Å². The average molecular weight is 307 g/mol. The molecule has 1 aromatic rings. The van der Waals surface area contributed by atoms with E-state index in [1.54, 1.807) is 0 Å². The standard InChI is InChI=1S/C17H25NO2S/c1-17(2,3)15-7-4-14(5-8-15)6-9-16(19)18-10-12-21(20)13-11-18/h4-5,7-8H,6,9-13H2,1-3H3. The molecule has 116 valence electrons. The molecule has 1 amide bonds. The van der Waals surface area contributed by atoms with Crippen molar-refractivity contribution in [2.24, 2.45) is 0 Å². The molecule has 0 saturated carbocycles. The van der Waals surface area contributed by atoms with Gasteiger partial charge in [-0.2, -0.15) is 0 Å². The van der Waals surface area contributed by atoms with Crippen LogP contribution in [0, 0.1) is 0 Å². The molecule has 0 bridgehead atoms. The maximum Gasteiger partial charge on any atom is 0.222 e. The Hall–Kier alpha value is -1.16. The van der Waals surface area contributed by atoms with Crippen molar-refractivity contribution in [3.8, 4) is 0 Å². The van der Waals surface area contributed by atoms with Crippen molar-refractivity contribution in [3.05, 3.63) is 35.4 Å². The number of nitrogens with zero attached hydrogens (tertiary/aromatic N) is 1. The van der Waals surface area contributed by atoms with Crippen molar-refractivity contribution < 1.29 is 9.00 Å². The maximum atomic E-state index is 12.1. The highest BCUT2D eigenvalue weighted by molar-refractivity contribution is 7.85. The van der Waals surface area contributed by atoms with E-state index in [4.69, 9.17) is 0 Å². The zero-order chi connectivity index (χ0) is 15.5. The first kappa shape index (κ1) is 16.2. The van der Waals surface area contributed by atoms with Gasteiger partial charge in [-0.05, 0) is 23.0 Å². The Kier molecular flexibility index (Phi) is 5.20. The van der Waals surface area contributed by atoms with E-state index >= 15 is 0 Å². The van der Waals surface area contributed by atoms with Gasteiger partial charge in [0.2, 0.25) is 5.91 Å². The van der Waals surface area contributed by atoms with Gasteiger partial charge in [-0.25, -0.2) is 0 Å². The fraction of sp³-hybridized carbons (Fsp3) is 0.588. The Bertz CT molecular complexity index is 507. The van der Waals surface area contributed by atoms with Crippen molar-refractivity contribution in [1.82, 2.24) is 4.90 Å². The number of aryl methyl sites for hydroxylation is 1. The van der Waals surface area contributed by atoms with Crippen molar-refractivity contribution in [3.63, 3.8) is 0 Å². The summed E-state index contributed by atoms with van der Waals surface area (Å²) < 4.78 is 11.3. The second kappa shape index (κ2) is 6.73. The first-order valence-corrected chi connectivity index (χ1v) is 9.07. The van der Waals surface area contributed by atoms with E-state index in [2.05, 4.69) is 45.0 Å². The van der Waals surface area contributed by atoms with E-state index in [9.17, 15) is 9.00 Å². The Morgan fingerprint density at radius 3 is 2.24 bits per heavy atom. The molecule has 0 spiro atoms. The molecular weight excluding hydrogens is 282 g/mol. The molecule has 1 aromatic carbocycles. The van der Waals surface area contributed by atoms with Gasteiger partial charge in [-0.1, -0.05) is 45.0 Å². The quantitative estimate of drug-likeness (QED) is 0.860. The fourth-order valence-corrected chi connectivity index (χ4v) is 3.52. The zero-order valence-electron chi connectivity index (χ0n) is 13.2. The minimum atomic E-state index is -0.722. The van der Waals surface area contributed by atoms with Crippen LogP contribution in [0.25, 0.3) is 0 Å². The Morgan fingerprint density at radius 2 is 1.71 bits per heavy atom. The summed E-state index contributed by atoms with van der Waals surface area (Å²) in [7, 11) is -0.722. The van der Waals surface area contributed by atoms with Crippen molar-refractivity contribution in [2.45, 2.75) is 39.0 Å². The molecule has 21 heavy (non-hydrogen) atoms. The lowest BCUT2D eigenvalue weighted by molar-refractivity contribution is -0.130. The van der Waals surface area contributed by atoms with E-state index in [1.165, 1.54) is 11.1 Å². The van der Waals surface area contributed by atoms with Crippen LogP contribution in [0.4, 0.5) is 0 Å². The summed E-state index contributed by atoms with van der Waals surface area (Å²) in [4.78, 5) is 14.0. The molecule has 0 atom stereocenters. The Labute approximate surface area is 130 Å². The lowest BCUT2D eigenvalue weighted by Crippen LogP contribution is -2.41. The monoisotopic (exact) mass is 307 g/mol. The molecule has 0 aromatic heterocycles. The molecule has 1 aliphatic rings. The van der Waals surface area contributed by atoms with E-state index in [0.29, 0.717) is 31.0 Å². The average Bonchev–Trinajstić information content (AvgIpc) is 2.45. The van der Waals surface area contributed by atoms with E-state index in [1.807, 2.05) is 4.90 Å². The molecule has 1 fully saturated rings. The van der Waals surface area contributed by atoms with Gasteiger partial charge < -0.3 is 4.90 Å². The molecule has 1 saturated heterocycles. The number of carbonyl (C=O) groups is 1. The van der Waals surface area contributed by atoms with Gasteiger partial charge in [0.15, 0.2) is 0 Å². The normalized spacial score (nSPS) is 17.0. The lowest BCUT2D eigenvalue weighted by atomic mass is 9.86. The highest BCUT2D eigenvalue weighted by Gasteiger charge is 2.19. The summed E-state index contributed by atoms with van der Waals surface area (Å²) in [6.45, 7) is 7.90. The lowest BCUT2D eigenvalue weighted by Gasteiger charge is -2.26. The smallest absolute Gasteiger partial charge is 0.222 e. The molecule has 3 nitrogen and oxygen atoms in total. The molecule has 1 heterocycles. The van der Waals surface area contributed by atoms with Gasteiger partial charge in [0, 0.05) is 41.8 Å². The summed E-state index contributed by atoms with van der Waals surface area (Å²) in [6.07, 6.45) is 1.32. The van der Waals surface area contributed by atoms with Crippen LogP contribution in [-0.4, -0.2) is 39.6 Å². The van der Waals surface area contributed by atoms with Crippen LogP contribution < -0.4 is 0 Å². The molecule has 0 radical (unpaired) electrons. The third-order valence-corrected chi connectivity index (χ3v) is 5.25. The first-order valence-electron chi connectivity index (χ1n) is 7.58. The summed E-state index contributed by atoms with van der Waals surface area (Å²) in [6, 6.07) is 8.56. The second-order valence-electron chi connectivity index (χ2n) is 6.68. The molecule has 1 aliphatic heterocycles. The summed E-state index contributed by atoms with van der Waals surface area (Å²) in [5, 5.41) is 0. The van der Waals surface area contributed by atoms with Crippen LogP contribution in [0.1, 0.15) is 38.3 Å². The Morgan fingerprint density at radius 1 is 1.14 bits per heavy atom. The van der Waals surface area contributed by atoms with Gasteiger partial charge in [0.05, 0.1) is 0 Å². The van der Waals surface area contributed by atoms with Crippen molar-refractivity contribution >= 4 is 16.7 Å². The number of benzene rings is 1. The minimum absolute atomic E-state index is 0.164. The number of carbonyl (C=O) groups excluding carboxylic acids is 1. The molecular formula is C17H25NO2S.